The van der Waals surface area contributed by atoms with Gasteiger partial charge in [-0.25, -0.2) is 0 Å². The number of anilines is 3. The van der Waals surface area contributed by atoms with Gasteiger partial charge in [-0.3, -0.25) is 0 Å². The molecule has 2 aromatic carbocycles. The minimum atomic E-state index is 0.671. The van der Waals surface area contributed by atoms with Gasteiger partial charge in [-0.2, -0.15) is 0 Å². The van der Waals surface area contributed by atoms with E-state index in [2.05, 4.69) is 34.8 Å². The molecule has 0 saturated carbocycles. The SMILES string of the molecule is CCCOc1cc(N)cc(Nc2ccc(Cl)cc2I)c1. The number of ether oxygens (including phenoxy) is 1. The molecular weight excluding hydrogens is 387 g/mol. The van der Waals surface area contributed by atoms with Gasteiger partial charge in [-0.05, 0) is 53.3 Å². The van der Waals surface area contributed by atoms with Gasteiger partial charge in [0.25, 0.3) is 0 Å². The van der Waals surface area contributed by atoms with E-state index in [1.54, 1.807) is 0 Å². The van der Waals surface area contributed by atoms with Crippen molar-refractivity contribution in [2.45, 2.75) is 13.3 Å². The van der Waals surface area contributed by atoms with Crippen LogP contribution in [0.15, 0.2) is 36.4 Å². The Morgan fingerprint density at radius 1 is 1.25 bits per heavy atom. The van der Waals surface area contributed by atoms with Crippen LogP contribution < -0.4 is 15.8 Å². The fraction of sp³-hybridized carbons (Fsp3) is 0.200. The van der Waals surface area contributed by atoms with Crippen LogP contribution in [0.4, 0.5) is 17.1 Å². The summed E-state index contributed by atoms with van der Waals surface area (Å²) in [5, 5.41) is 4.05. The van der Waals surface area contributed by atoms with E-state index in [1.165, 1.54) is 0 Å². The Morgan fingerprint density at radius 3 is 2.75 bits per heavy atom. The van der Waals surface area contributed by atoms with Gasteiger partial charge in [0.05, 0.1) is 12.3 Å². The summed E-state index contributed by atoms with van der Waals surface area (Å²) in [6.07, 6.45) is 0.965. The van der Waals surface area contributed by atoms with E-state index >= 15 is 0 Å². The molecule has 2 rings (SSSR count). The molecule has 0 amide bonds. The van der Waals surface area contributed by atoms with Crippen LogP contribution in [0, 0.1) is 3.57 Å². The Balaban J connectivity index is 2.21. The molecule has 0 radical (unpaired) electrons. The number of hydrogen-bond donors (Lipinski definition) is 2. The van der Waals surface area contributed by atoms with Crippen LogP contribution in [0.2, 0.25) is 5.02 Å². The lowest BCUT2D eigenvalue weighted by molar-refractivity contribution is 0.318. The van der Waals surface area contributed by atoms with Gasteiger partial charge in [0, 0.05) is 32.1 Å². The standard InChI is InChI=1S/C15H16ClIN2O/c1-2-5-20-13-8-11(18)7-12(9-13)19-15-4-3-10(16)6-14(15)17/h3-4,6-9,19H,2,5,18H2,1H3. The molecule has 0 aliphatic carbocycles. The maximum Gasteiger partial charge on any atom is 0.123 e. The van der Waals surface area contributed by atoms with Crippen molar-refractivity contribution in [2.75, 3.05) is 17.7 Å². The Morgan fingerprint density at radius 2 is 2.05 bits per heavy atom. The highest BCUT2D eigenvalue weighted by Gasteiger charge is 2.04. The van der Waals surface area contributed by atoms with Gasteiger partial charge in [-0.15, -0.1) is 0 Å². The first-order valence-electron chi connectivity index (χ1n) is 6.34. The van der Waals surface area contributed by atoms with Gasteiger partial charge in [0.15, 0.2) is 0 Å². The van der Waals surface area contributed by atoms with Crippen LogP contribution in [0.5, 0.6) is 5.75 Å². The third-order valence-electron chi connectivity index (χ3n) is 2.61. The van der Waals surface area contributed by atoms with Gasteiger partial charge < -0.3 is 15.8 Å². The van der Waals surface area contributed by atoms with Crippen LogP contribution >= 0.6 is 34.2 Å². The van der Waals surface area contributed by atoms with Gasteiger partial charge >= 0.3 is 0 Å². The summed E-state index contributed by atoms with van der Waals surface area (Å²) in [4.78, 5) is 0. The smallest absolute Gasteiger partial charge is 0.123 e. The second kappa shape index (κ2) is 7.04. The summed E-state index contributed by atoms with van der Waals surface area (Å²) in [6.45, 7) is 2.75. The monoisotopic (exact) mass is 402 g/mol. The lowest BCUT2D eigenvalue weighted by atomic mass is 10.2. The molecule has 0 atom stereocenters. The lowest BCUT2D eigenvalue weighted by Crippen LogP contribution is -1.99. The average molecular weight is 403 g/mol. The zero-order valence-corrected chi connectivity index (χ0v) is 14.0. The molecule has 3 nitrogen and oxygen atoms in total. The molecule has 0 spiro atoms. The maximum absolute atomic E-state index is 5.96. The number of hydrogen-bond acceptors (Lipinski definition) is 3. The first kappa shape index (κ1) is 15.3. The van der Waals surface area contributed by atoms with Crippen molar-refractivity contribution >= 4 is 51.3 Å². The Bertz CT molecular complexity index is 604. The molecule has 0 saturated heterocycles. The largest absolute Gasteiger partial charge is 0.493 e. The van der Waals surface area contributed by atoms with Gasteiger partial charge in [-0.1, -0.05) is 18.5 Å². The topological polar surface area (TPSA) is 47.3 Å². The fourth-order valence-electron chi connectivity index (χ4n) is 1.74. The number of nitrogen functional groups attached to an aromatic ring is 1. The summed E-state index contributed by atoms with van der Waals surface area (Å²) in [5.41, 5.74) is 8.46. The van der Waals surface area contributed by atoms with E-state index in [0.29, 0.717) is 12.3 Å². The van der Waals surface area contributed by atoms with Crippen LogP contribution in [-0.4, -0.2) is 6.61 Å². The molecule has 106 valence electrons. The van der Waals surface area contributed by atoms with Crippen molar-refractivity contribution in [1.29, 1.82) is 0 Å². The van der Waals surface area contributed by atoms with E-state index in [-0.39, 0.29) is 0 Å². The zero-order chi connectivity index (χ0) is 14.5. The highest BCUT2D eigenvalue weighted by Crippen LogP contribution is 2.29. The molecule has 0 aromatic heterocycles. The number of benzene rings is 2. The van der Waals surface area contributed by atoms with Crippen molar-refractivity contribution in [3.8, 4) is 5.75 Å². The van der Waals surface area contributed by atoms with Crippen LogP contribution in [0.25, 0.3) is 0 Å². The Labute approximate surface area is 137 Å². The van der Waals surface area contributed by atoms with Crippen molar-refractivity contribution in [2.24, 2.45) is 0 Å². The van der Waals surface area contributed by atoms with Crippen molar-refractivity contribution in [1.82, 2.24) is 0 Å². The van der Waals surface area contributed by atoms with E-state index < -0.39 is 0 Å². The van der Waals surface area contributed by atoms with Gasteiger partial charge in [0.2, 0.25) is 0 Å². The quantitative estimate of drug-likeness (QED) is 0.543. The summed E-state index contributed by atoms with van der Waals surface area (Å²) in [6, 6.07) is 11.4. The second-order valence-corrected chi connectivity index (χ2v) is 5.99. The summed E-state index contributed by atoms with van der Waals surface area (Å²) >= 11 is 8.20. The van der Waals surface area contributed by atoms with Crippen molar-refractivity contribution in [3.05, 3.63) is 45.0 Å². The normalized spacial score (nSPS) is 10.3. The third-order valence-corrected chi connectivity index (χ3v) is 3.74. The molecule has 20 heavy (non-hydrogen) atoms. The predicted molar refractivity (Wildman–Crippen MR) is 94.1 cm³/mol. The fourth-order valence-corrected chi connectivity index (χ4v) is 2.75. The van der Waals surface area contributed by atoms with Crippen LogP contribution in [-0.2, 0) is 0 Å². The Hall–Kier alpha value is -1.14. The molecule has 0 aliphatic rings. The summed E-state index contributed by atoms with van der Waals surface area (Å²) in [5.74, 6) is 0.776. The lowest BCUT2D eigenvalue weighted by Gasteiger charge is -2.12. The number of nitrogens with one attached hydrogen (secondary N) is 1. The number of halogens is 2. The molecule has 0 unspecified atom stereocenters. The molecule has 0 heterocycles. The second-order valence-electron chi connectivity index (χ2n) is 4.39. The molecule has 0 bridgehead atoms. The van der Waals surface area contributed by atoms with E-state index in [9.17, 15) is 0 Å². The van der Waals surface area contributed by atoms with Crippen molar-refractivity contribution < 1.29 is 4.74 Å². The molecule has 0 fully saturated rings. The molecule has 3 N–H and O–H groups in total. The zero-order valence-electron chi connectivity index (χ0n) is 11.1. The van der Waals surface area contributed by atoms with Crippen molar-refractivity contribution in [3.63, 3.8) is 0 Å². The third kappa shape index (κ3) is 4.18. The van der Waals surface area contributed by atoms with E-state index in [0.717, 1.165) is 32.1 Å². The molecule has 2 aromatic rings. The summed E-state index contributed by atoms with van der Waals surface area (Å²) in [7, 11) is 0. The molecule has 0 aliphatic heterocycles. The molecule has 5 heteroatoms. The minimum Gasteiger partial charge on any atom is -0.493 e. The summed E-state index contributed by atoms with van der Waals surface area (Å²) < 4.78 is 6.67. The van der Waals surface area contributed by atoms with E-state index in [4.69, 9.17) is 22.1 Å². The highest BCUT2D eigenvalue weighted by atomic mass is 127. The highest BCUT2D eigenvalue weighted by molar-refractivity contribution is 14.1. The minimum absolute atomic E-state index is 0.671. The van der Waals surface area contributed by atoms with Crippen LogP contribution in [0.3, 0.4) is 0 Å². The molecular formula is C15H16ClIN2O. The first-order valence-corrected chi connectivity index (χ1v) is 7.79. The number of rotatable bonds is 5. The van der Waals surface area contributed by atoms with Crippen LogP contribution in [0.1, 0.15) is 13.3 Å². The first-order chi connectivity index (χ1) is 9.58. The predicted octanol–water partition coefficient (Wildman–Crippen LogP) is 5.06. The Kier molecular flexibility index (Phi) is 5.37. The number of nitrogens with two attached hydrogens (primary N) is 1. The average Bonchev–Trinajstić information content (AvgIpc) is 2.39. The van der Waals surface area contributed by atoms with Gasteiger partial charge in [0.1, 0.15) is 5.75 Å². The maximum atomic E-state index is 5.96. The van der Waals surface area contributed by atoms with E-state index in [1.807, 2.05) is 36.4 Å².